The van der Waals surface area contributed by atoms with Crippen LogP contribution in [0, 0.1) is 5.92 Å². The number of hydrogen-bond donors (Lipinski definition) is 3. The number of carbonyl (C=O) groups is 4. The molecule has 0 aliphatic rings. The third-order valence-corrected chi connectivity index (χ3v) is 20.7. The smallest absolute Gasteiger partial charge is 0.462 e. The molecule has 0 aliphatic carbocycles. The second-order valence-corrected chi connectivity index (χ2v) is 32.2. The molecule has 0 rings (SSSR count). The van der Waals surface area contributed by atoms with Crippen molar-refractivity contribution < 1.29 is 80.2 Å². The average molecular weight is 1450 g/mol. The number of carbonyl (C=O) groups excluding carboxylic acids is 4. The molecule has 0 radical (unpaired) electrons. The van der Waals surface area contributed by atoms with Gasteiger partial charge in [0.1, 0.15) is 19.3 Å². The zero-order chi connectivity index (χ0) is 72.7. The molecule has 0 spiro atoms. The summed E-state index contributed by atoms with van der Waals surface area (Å²) >= 11 is 0. The molecule has 5 atom stereocenters. The first-order chi connectivity index (χ1) is 48.0. The van der Waals surface area contributed by atoms with Gasteiger partial charge in [-0.25, -0.2) is 9.13 Å². The lowest BCUT2D eigenvalue weighted by Crippen LogP contribution is -2.30. The summed E-state index contributed by atoms with van der Waals surface area (Å²) in [4.78, 5) is 72.8. The van der Waals surface area contributed by atoms with E-state index in [0.29, 0.717) is 25.7 Å². The van der Waals surface area contributed by atoms with Crippen molar-refractivity contribution >= 4 is 39.5 Å². The van der Waals surface area contributed by atoms with Gasteiger partial charge in [-0.15, -0.1) is 0 Å². The first-order valence-electron chi connectivity index (χ1n) is 41.6. The Balaban J connectivity index is 5.16. The van der Waals surface area contributed by atoms with E-state index in [1.807, 2.05) is 0 Å². The number of esters is 4. The molecule has 0 aliphatic heterocycles. The monoisotopic (exact) mass is 1450 g/mol. The lowest BCUT2D eigenvalue weighted by atomic mass is 10.0. The van der Waals surface area contributed by atoms with E-state index in [1.165, 1.54) is 238 Å². The van der Waals surface area contributed by atoms with Crippen LogP contribution in [0.3, 0.4) is 0 Å². The van der Waals surface area contributed by atoms with Crippen molar-refractivity contribution in [3.05, 3.63) is 0 Å². The van der Waals surface area contributed by atoms with Crippen molar-refractivity contribution in [3.63, 3.8) is 0 Å². The zero-order valence-electron chi connectivity index (χ0n) is 64.6. The molecule has 99 heavy (non-hydrogen) atoms. The Hall–Kier alpha value is -1.94. The van der Waals surface area contributed by atoms with Crippen LogP contribution in [-0.2, 0) is 65.4 Å². The molecule has 3 N–H and O–H groups in total. The van der Waals surface area contributed by atoms with Crippen LogP contribution in [0.15, 0.2) is 0 Å². The molecule has 0 amide bonds. The Morgan fingerprint density at radius 2 is 0.465 bits per heavy atom. The minimum atomic E-state index is -4.96. The predicted molar refractivity (Wildman–Crippen MR) is 405 cm³/mol. The van der Waals surface area contributed by atoms with Crippen LogP contribution in [-0.4, -0.2) is 96.7 Å². The first kappa shape index (κ1) is 97.1. The molecule has 0 heterocycles. The fourth-order valence-electron chi connectivity index (χ4n) is 12.4. The number of unbranched alkanes of at least 4 members (excludes halogenated alkanes) is 52. The van der Waals surface area contributed by atoms with Crippen molar-refractivity contribution in [2.24, 2.45) is 5.92 Å². The van der Waals surface area contributed by atoms with E-state index < -0.39 is 97.5 Å². The quantitative estimate of drug-likeness (QED) is 0.0222. The second-order valence-electron chi connectivity index (χ2n) is 29.3. The Labute approximate surface area is 607 Å². The average Bonchev–Trinajstić information content (AvgIpc) is 2.26. The molecule has 0 bridgehead atoms. The second kappa shape index (κ2) is 73.0. The minimum absolute atomic E-state index is 0.107. The van der Waals surface area contributed by atoms with E-state index >= 15 is 0 Å². The molecule has 0 aromatic carbocycles. The van der Waals surface area contributed by atoms with Gasteiger partial charge in [0.05, 0.1) is 26.4 Å². The van der Waals surface area contributed by atoms with Gasteiger partial charge in [0.15, 0.2) is 12.2 Å². The van der Waals surface area contributed by atoms with E-state index in [2.05, 4.69) is 34.6 Å². The van der Waals surface area contributed by atoms with Crippen molar-refractivity contribution in [1.82, 2.24) is 0 Å². The van der Waals surface area contributed by atoms with Crippen LogP contribution in [0.2, 0.25) is 0 Å². The molecule has 0 fully saturated rings. The molecule has 0 saturated heterocycles. The summed E-state index contributed by atoms with van der Waals surface area (Å²) in [5.74, 6) is -1.29. The molecule has 588 valence electrons. The number of aliphatic hydroxyl groups is 1. The summed E-state index contributed by atoms with van der Waals surface area (Å²) in [5.41, 5.74) is 0. The molecular weight excluding hydrogens is 1290 g/mol. The van der Waals surface area contributed by atoms with E-state index in [-0.39, 0.29) is 25.7 Å². The number of rotatable bonds is 80. The van der Waals surface area contributed by atoms with Gasteiger partial charge in [-0.1, -0.05) is 375 Å². The van der Waals surface area contributed by atoms with Crippen LogP contribution >= 0.6 is 15.6 Å². The zero-order valence-corrected chi connectivity index (χ0v) is 66.4. The van der Waals surface area contributed by atoms with Gasteiger partial charge in [-0.05, 0) is 31.6 Å². The highest BCUT2D eigenvalue weighted by atomic mass is 31.2. The standard InChI is InChI=1S/C80H156O17P2/c1-6-9-12-15-18-20-22-24-25-26-27-31-34-37-41-44-49-54-59-64-78(83)91-70-76(97-80(85)66-61-56-51-46-42-38-35-32-29-28-30-33-36-39-43-48-52-57-62-73(4)5)72-95-99(88,89)93-68-74(81)67-92-98(86,87)94-71-75(69-90-77(82)63-58-53-47-17-14-11-8-3)96-79(84)65-60-55-50-45-40-23-21-19-16-13-10-7-2/h73-76,81H,6-72H2,1-5H3,(H,86,87)(H,88,89)/t74-,75+,76+/m0/s1. The predicted octanol–water partition coefficient (Wildman–Crippen LogP) is 24.0. The van der Waals surface area contributed by atoms with Gasteiger partial charge in [0.2, 0.25) is 0 Å². The fourth-order valence-corrected chi connectivity index (χ4v) is 14.0. The molecule has 2 unspecified atom stereocenters. The van der Waals surface area contributed by atoms with Gasteiger partial charge >= 0.3 is 39.5 Å². The number of aliphatic hydroxyl groups excluding tert-OH is 1. The fraction of sp³-hybridized carbons (Fsp3) is 0.950. The maximum atomic E-state index is 13.1. The molecular formula is C80H156O17P2. The summed E-state index contributed by atoms with van der Waals surface area (Å²) in [6.45, 7) is 7.31. The molecule has 17 nitrogen and oxygen atoms in total. The highest BCUT2D eigenvalue weighted by molar-refractivity contribution is 7.47. The molecule has 0 saturated carbocycles. The summed E-state index contributed by atoms with van der Waals surface area (Å²) in [7, 11) is -9.91. The lowest BCUT2D eigenvalue weighted by Gasteiger charge is -2.21. The first-order valence-corrected chi connectivity index (χ1v) is 44.6. The Bertz CT molecular complexity index is 1890. The van der Waals surface area contributed by atoms with Crippen LogP contribution < -0.4 is 0 Å². The maximum Gasteiger partial charge on any atom is 0.472 e. The van der Waals surface area contributed by atoms with Gasteiger partial charge in [-0.2, -0.15) is 0 Å². The Morgan fingerprint density at radius 3 is 0.687 bits per heavy atom. The summed E-state index contributed by atoms with van der Waals surface area (Å²) in [6, 6.07) is 0. The number of ether oxygens (including phenoxy) is 4. The van der Waals surface area contributed by atoms with Gasteiger partial charge in [0.25, 0.3) is 0 Å². The van der Waals surface area contributed by atoms with Crippen molar-refractivity contribution in [2.45, 2.75) is 445 Å². The van der Waals surface area contributed by atoms with Crippen LogP contribution in [0.5, 0.6) is 0 Å². The number of phosphoric acid groups is 2. The van der Waals surface area contributed by atoms with E-state index in [9.17, 15) is 43.2 Å². The normalized spacial score (nSPS) is 13.9. The van der Waals surface area contributed by atoms with Crippen LogP contribution in [0.25, 0.3) is 0 Å². The van der Waals surface area contributed by atoms with Crippen molar-refractivity contribution in [1.29, 1.82) is 0 Å². The van der Waals surface area contributed by atoms with E-state index in [4.69, 9.17) is 37.0 Å². The molecule has 0 aromatic heterocycles. The lowest BCUT2D eigenvalue weighted by molar-refractivity contribution is -0.161. The Morgan fingerprint density at radius 1 is 0.273 bits per heavy atom. The third kappa shape index (κ3) is 74.1. The highest BCUT2D eigenvalue weighted by Gasteiger charge is 2.30. The largest absolute Gasteiger partial charge is 0.472 e. The third-order valence-electron chi connectivity index (χ3n) is 18.8. The van der Waals surface area contributed by atoms with E-state index in [1.54, 1.807) is 0 Å². The van der Waals surface area contributed by atoms with Gasteiger partial charge < -0.3 is 33.8 Å². The van der Waals surface area contributed by atoms with Crippen LogP contribution in [0.1, 0.15) is 426 Å². The maximum absolute atomic E-state index is 13.1. The summed E-state index contributed by atoms with van der Waals surface area (Å²) < 4.78 is 68.5. The number of phosphoric ester groups is 2. The summed E-state index contributed by atoms with van der Waals surface area (Å²) in [5, 5.41) is 10.6. The van der Waals surface area contributed by atoms with Crippen LogP contribution in [0.4, 0.5) is 0 Å². The number of hydrogen-bond acceptors (Lipinski definition) is 15. The van der Waals surface area contributed by atoms with Crippen molar-refractivity contribution in [2.75, 3.05) is 39.6 Å². The van der Waals surface area contributed by atoms with Crippen molar-refractivity contribution in [3.8, 4) is 0 Å². The summed E-state index contributed by atoms with van der Waals surface area (Å²) in [6.07, 6.45) is 64.1. The van der Waals surface area contributed by atoms with Gasteiger partial charge in [-0.3, -0.25) is 37.3 Å². The molecule has 0 aromatic rings. The van der Waals surface area contributed by atoms with E-state index in [0.717, 1.165) is 109 Å². The highest BCUT2D eigenvalue weighted by Crippen LogP contribution is 2.45. The molecule has 19 heteroatoms. The topological polar surface area (TPSA) is 237 Å². The minimum Gasteiger partial charge on any atom is -0.462 e. The SMILES string of the molecule is CCCCCCCCCCCCCCCCCCCCCC(=O)OC[C@H](COP(=O)(O)OC[C@@H](O)COP(=O)(O)OC[C@@H](COC(=O)CCCCCCCCC)OC(=O)CCCCCCCCCCCCCC)OC(=O)CCCCCCCCCCCCCCCCCCCCC(C)C. The Kier molecular flexibility index (Phi) is 71.6. The van der Waals surface area contributed by atoms with Gasteiger partial charge in [0, 0.05) is 25.7 Å².